The highest BCUT2D eigenvalue weighted by atomic mass is 35.5. The van der Waals surface area contributed by atoms with Crippen molar-refractivity contribution in [3.8, 4) is 0 Å². The molecule has 3 heterocycles. The number of nitrogens with two attached hydrogens (primary N) is 1. The first-order valence-corrected chi connectivity index (χ1v) is 12.1. The average Bonchev–Trinajstić information content (AvgIpc) is 3.22. The zero-order valence-electron chi connectivity index (χ0n) is 20.6. The van der Waals surface area contributed by atoms with E-state index in [1.54, 1.807) is 37.8 Å². The molecule has 0 unspecified atom stereocenters. The Kier molecular flexibility index (Phi) is 7.31. The number of carbonyl (C=O) groups is 1. The Bertz CT molecular complexity index is 1510. The molecule has 2 N–H and O–H groups in total. The first kappa shape index (κ1) is 26.0. The molecule has 0 radical (unpaired) electrons. The van der Waals surface area contributed by atoms with Crippen LogP contribution in [-0.4, -0.2) is 58.2 Å². The van der Waals surface area contributed by atoms with Crippen LogP contribution >= 0.6 is 24.0 Å². The number of aryl methyl sites for hydroxylation is 1. The molecule has 1 amide bonds. The lowest BCUT2D eigenvalue weighted by atomic mass is 10.1. The molecule has 1 atom stereocenters. The van der Waals surface area contributed by atoms with Crippen LogP contribution in [0.15, 0.2) is 47.3 Å². The van der Waals surface area contributed by atoms with Gasteiger partial charge in [-0.25, -0.2) is 4.98 Å². The number of anilines is 1. The van der Waals surface area contributed by atoms with Gasteiger partial charge in [-0.05, 0) is 42.7 Å². The standard InChI is InChI=1S/C26H29ClN6O2.ClH/c1-30(2)24(34)16-10-11-19-21(13-16)31(3)25(35)23-22(19)29-26(32-12-6-8-18(28)15-32)33(23)14-17-7-4-5-9-20(17)27;/h4-5,7,9-11,13,18H,6,8,12,14-15,28H2,1-3H3;1H/t18-;/m1./s1. The lowest BCUT2D eigenvalue weighted by Crippen LogP contribution is -2.44. The SMILES string of the molecule is CN(C)C(=O)c1ccc2c3nc(N4CCC[C@@H](N)C4)n(Cc4ccccc4Cl)c3c(=O)n(C)c2c1.Cl. The number of aromatic nitrogens is 3. The van der Waals surface area contributed by atoms with Gasteiger partial charge in [-0.3, -0.25) is 9.59 Å². The average molecular weight is 529 g/mol. The van der Waals surface area contributed by atoms with Crippen molar-refractivity contribution in [3.05, 3.63) is 69.0 Å². The Hall–Kier alpha value is -3.07. The van der Waals surface area contributed by atoms with Crippen LogP contribution in [0, 0.1) is 0 Å². The quantitative estimate of drug-likeness (QED) is 0.436. The lowest BCUT2D eigenvalue weighted by Gasteiger charge is -2.32. The van der Waals surface area contributed by atoms with Crippen LogP contribution in [0.1, 0.15) is 28.8 Å². The summed E-state index contributed by atoms with van der Waals surface area (Å²) in [5.74, 6) is 0.597. The van der Waals surface area contributed by atoms with Gasteiger partial charge in [0.15, 0.2) is 0 Å². The van der Waals surface area contributed by atoms with Crippen molar-refractivity contribution in [2.45, 2.75) is 25.4 Å². The molecule has 0 aliphatic carbocycles. The highest BCUT2D eigenvalue weighted by Crippen LogP contribution is 2.30. The van der Waals surface area contributed by atoms with Crippen LogP contribution < -0.4 is 16.2 Å². The number of hydrogen-bond donors (Lipinski definition) is 1. The highest BCUT2D eigenvalue weighted by Gasteiger charge is 2.26. The second-order valence-corrected chi connectivity index (χ2v) is 9.84. The number of rotatable bonds is 4. The Labute approximate surface area is 220 Å². The molecule has 190 valence electrons. The third-order valence-electron chi connectivity index (χ3n) is 6.75. The van der Waals surface area contributed by atoms with E-state index in [0.717, 1.165) is 30.3 Å². The number of nitrogens with zero attached hydrogens (tertiary/aromatic N) is 5. The molecule has 8 nitrogen and oxygen atoms in total. The van der Waals surface area contributed by atoms with Crippen molar-refractivity contribution in [2.75, 3.05) is 32.1 Å². The normalized spacial score (nSPS) is 15.8. The number of halogens is 2. The van der Waals surface area contributed by atoms with E-state index in [9.17, 15) is 9.59 Å². The summed E-state index contributed by atoms with van der Waals surface area (Å²) >= 11 is 6.51. The fraction of sp³-hybridized carbons (Fsp3) is 0.346. The first-order chi connectivity index (χ1) is 16.8. The zero-order valence-corrected chi connectivity index (χ0v) is 22.1. The molecule has 4 aromatic rings. The third kappa shape index (κ3) is 4.45. The second-order valence-electron chi connectivity index (χ2n) is 9.43. The molecule has 2 aromatic carbocycles. The summed E-state index contributed by atoms with van der Waals surface area (Å²) in [5.41, 5.74) is 9.35. The molecular weight excluding hydrogens is 499 g/mol. The molecule has 0 spiro atoms. The minimum absolute atomic E-state index is 0. The summed E-state index contributed by atoms with van der Waals surface area (Å²) in [5, 5.41) is 1.46. The molecule has 2 aromatic heterocycles. The van der Waals surface area contributed by atoms with E-state index in [1.165, 1.54) is 4.90 Å². The van der Waals surface area contributed by atoms with Crippen molar-refractivity contribution in [2.24, 2.45) is 12.8 Å². The van der Waals surface area contributed by atoms with Gasteiger partial charge < -0.3 is 24.7 Å². The third-order valence-corrected chi connectivity index (χ3v) is 7.12. The zero-order chi connectivity index (χ0) is 24.9. The largest absolute Gasteiger partial charge is 0.345 e. The van der Waals surface area contributed by atoms with E-state index >= 15 is 0 Å². The number of fused-ring (bicyclic) bond motifs is 3. The first-order valence-electron chi connectivity index (χ1n) is 11.7. The molecule has 10 heteroatoms. The number of carbonyl (C=O) groups excluding carboxylic acids is 1. The molecule has 0 bridgehead atoms. The predicted molar refractivity (Wildman–Crippen MR) is 148 cm³/mol. The fourth-order valence-electron chi connectivity index (χ4n) is 4.89. The monoisotopic (exact) mass is 528 g/mol. The van der Waals surface area contributed by atoms with Gasteiger partial charge in [0.2, 0.25) is 5.95 Å². The van der Waals surface area contributed by atoms with Gasteiger partial charge in [-0.15, -0.1) is 12.4 Å². The van der Waals surface area contributed by atoms with Gasteiger partial charge in [0.05, 0.1) is 12.1 Å². The van der Waals surface area contributed by atoms with Crippen molar-refractivity contribution in [1.82, 2.24) is 19.0 Å². The maximum absolute atomic E-state index is 13.7. The molecule has 1 aliphatic rings. The lowest BCUT2D eigenvalue weighted by molar-refractivity contribution is 0.0827. The minimum Gasteiger partial charge on any atom is -0.345 e. The Morgan fingerprint density at radius 1 is 1.22 bits per heavy atom. The maximum atomic E-state index is 13.7. The number of imidazole rings is 1. The second kappa shape index (κ2) is 10.1. The van der Waals surface area contributed by atoms with Gasteiger partial charge in [-0.1, -0.05) is 29.8 Å². The van der Waals surface area contributed by atoms with E-state index < -0.39 is 0 Å². The number of benzene rings is 2. The smallest absolute Gasteiger partial charge is 0.277 e. The molecule has 36 heavy (non-hydrogen) atoms. The van der Waals surface area contributed by atoms with Gasteiger partial charge in [0.1, 0.15) is 11.0 Å². The molecule has 0 saturated carbocycles. The van der Waals surface area contributed by atoms with Crippen LogP contribution in [0.4, 0.5) is 5.95 Å². The van der Waals surface area contributed by atoms with Gasteiger partial charge >= 0.3 is 0 Å². The van der Waals surface area contributed by atoms with Crippen LogP contribution in [0.25, 0.3) is 21.9 Å². The summed E-state index contributed by atoms with van der Waals surface area (Å²) in [6, 6.07) is 13.1. The molecule has 5 rings (SSSR count). The molecular formula is C26H30Cl2N6O2. The maximum Gasteiger partial charge on any atom is 0.277 e. The Morgan fingerprint density at radius 3 is 2.67 bits per heavy atom. The van der Waals surface area contributed by atoms with E-state index in [4.69, 9.17) is 22.3 Å². The van der Waals surface area contributed by atoms with Crippen molar-refractivity contribution in [3.63, 3.8) is 0 Å². The van der Waals surface area contributed by atoms with E-state index in [1.807, 2.05) is 34.9 Å². The molecule has 1 saturated heterocycles. The van der Waals surface area contributed by atoms with E-state index in [0.29, 0.717) is 46.2 Å². The van der Waals surface area contributed by atoms with Gasteiger partial charge in [0.25, 0.3) is 11.5 Å². The van der Waals surface area contributed by atoms with Gasteiger partial charge in [0, 0.05) is 56.2 Å². The Morgan fingerprint density at radius 2 is 1.97 bits per heavy atom. The summed E-state index contributed by atoms with van der Waals surface area (Å²) in [7, 11) is 5.15. The number of amides is 1. The number of hydrogen-bond acceptors (Lipinski definition) is 5. The predicted octanol–water partition coefficient (Wildman–Crippen LogP) is 3.64. The van der Waals surface area contributed by atoms with Crippen molar-refractivity contribution >= 4 is 57.8 Å². The molecule has 1 fully saturated rings. The topological polar surface area (TPSA) is 89.4 Å². The van der Waals surface area contributed by atoms with Crippen LogP contribution in [0.3, 0.4) is 0 Å². The van der Waals surface area contributed by atoms with Crippen LogP contribution in [-0.2, 0) is 13.6 Å². The van der Waals surface area contributed by atoms with Gasteiger partial charge in [-0.2, -0.15) is 0 Å². The number of piperidine rings is 1. The van der Waals surface area contributed by atoms with Crippen molar-refractivity contribution < 1.29 is 4.79 Å². The minimum atomic E-state index is -0.172. The van der Waals surface area contributed by atoms with Crippen LogP contribution in [0.2, 0.25) is 5.02 Å². The number of pyridine rings is 1. The van der Waals surface area contributed by atoms with Crippen molar-refractivity contribution in [1.29, 1.82) is 0 Å². The molecule has 1 aliphatic heterocycles. The summed E-state index contributed by atoms with van der Waals surface area (Å²) in [4.78, 5) is 35.0. The van der Waals surface area contributed by atoms with E-state index in [-0.39, 0.29) is 29.9 Å². The summed E-state index contributed by atoms with van der Waals surface area (Å²) < 4.78 is 3.57. The fourth-order valence-corrected chi connectivity index (χ4v) is 5.09. The van der Waals surface area contributed by atoms with E-state index in [2.05, 4.69) is 4.90 Å². The summed E-state index contributed by atoms with van der Waals surface area (Å²) in [6.07, 6.45) is 1.93. The van der Waals surface area contributed by atoms with Crippen LogP contribution in [0.5, 0.6) is 0 Å². The summed E-state index contributed by atoms with van der Waals surface area (Å²) in [6.45, 7) is 1.90. The highest BCUT2D eigenvalue weighted by molar-refractivity contribution is 6.31. The Balaban J connectivity index is 0.00000304.